The minimum absolute atomic E-state index is 0.0766. The molecule has 0 unspecified atom stereocenters. The second kappa shape index (κ2) is 9.00. The highest BCUT2D eigenvalue weighted by atomic mass is 19.1. The Bertz CT molecular complexity index is 1770. The minimum Gasteiger partial charge on any atom is -0.368 e. The van der Waals surface area contributed by atoms with E-state index in [1.807, 2.05) is 6.07 Å². The van der Waals surface area contributed by atoms with Crippen LogP contribution in [0.5, 0.6) is 0 Å². The number of piperazine rings is 1. The lowest BCUT2D eigenvalue weighted by Crippen LogP contribution is -2.43. The van der Waals surface area contributed by atoms with Crippen LogP contribution in [0.15, 0.2) is 59.8 Å². The standard InChI is InChI=1S/C26H20F2N8O/c27-18-10-15(11-21-24(18)22(37)12-23-31-5-8-36(21)23)25-19(28)14-32-26(34-25)33-17-1-2-20(16(9-17)13-29)35-6-3-30-4-7-35/h1-2,5,8-12,14,30-31H,3-4,6-7H2,(H,32,33,34). The third-order valence-corrected chi connectivity index (χ3v) is 6.41. The number of nitriles is 1. The van der Waals surface area contributed by atoms with Crippen LogP contribution in [0.25, 0.3) is 27.8 Å². The first-order chi connectivity index (χ1) is 18.0. The Hall–Kier alpha value is -4.82. The van der Waals surface area contributed by atoms with E-state index in [1.165, 1.54) is 12.1 Å². The van der Waals surface area contributed by atoms with Gasteiger partial charge in [-0.15, -0.1) is 0 Å². The summed E-state index contributed by atoms with van der Waals surface area (Å²) in [7, 11) is 0. The molecular formula is C26H20F2N8O. The van der Waals surface area contributed by atoms with E-state index in [9.17, 15) is 14.4 Å². The van der Waals surface area contributed by atoms with Crippen molar-refractivity contribution in [2.24, 2.45) is 0 Å². The summed E-state index contributed by atoms with van der Waals surface area (Å²) in [4.78, 5) is 25.8. The molecule has 1 aliphatic heterocycles. The van der Waals surface area contributed by atoms with Crippen molar-refractivity contribution in [2.75, 3.05) is 36.4 Å². The molecule has 37 heavy (non-hydrogen) atoms. The van der Waals surface area contributed by atoms with E-state index < -0.39 is 17.1 Å². The quantitative estimate of drug-likeness (QED) is 0.347. The first-order valence-electron chi connectivity index (χ1n) is 11.6. The van der Waals surface area contributed by atoms with Crippen LogP contribution in [0.1, 0.15) is 5.56 Å². The molecule has 184 valence electrons. The number of anilines is 3. The van der Waals surface area contributed by atoms with Crippen LogP contribution in [0.2, 0.25) is 0 Å². The summed E-state index contributed by atoms with van der Waals surface area (Å²) in [6.45, 7) is 3.29. The van der Waals surface area contributed by atoms with E-state index in [-0.39, 0.29) is 28.1 Å². The molecule has 0 bridgehead atoms. The summed E-state index contributed by atoms with van der Waals surface area (Å²) in [6.07, 6.45) is 4.27. The minimum atomic E-state index is -0.775. The average molecular weight is 498 g/mol. The van der Waals surface area contributed by atoms with Gasteiger partial charge in [-0.25, -0.2) is 18.7 Å². The molecular weight excluding hydrogens is 478 g/mol. The lowest BCUT2D eigenvalue weighted by molar-refractivity contribution is 0.589. The summed E-state index contributed by atoms with van der Waals surface area (Å²) < 4.78 is 31.5. The molecule has 0 atom stereocenters. The third-order valence-electron chi connectivity index (χ3n) is 6.41. The van der Waals surface area contributed by atoms with E-state index in [1.54, 1.807) is 28.9 Å². The molecule has 2 aromatic carbocycles. The van der Waals surface area contributed by atoms with Crippen molar-refractivity contribution < 1.29 is 8.78 Å². The topological polar surface area (TPSA) is 114 Å². The van der Waals surface area contributed by atoms with Crippen LogP contribution in [0.4, 0.5) is 26.1 Å². The molecule has 1 fully saturated rings. The SMILES string of the molecule is N#Cc1cc(Nc2ncc(F)c(-c3cc(F)c4c(=O)cc5[nH]ccn5c4c3)n2)ccc1N1CCNCC1. The van der Waals surface area contributed by atoms with Crippen molar-refractivity contribution in [2.45, 2.75) is 0 Å². The number of aromatic amines is 1. The van der Waals surface area contributed by atoms with Crippen LogP contribution in [0.3, 0.4) is 0 Å². The molecule has 6 rings (SSSR count). The highest BCUT2D eigenvalue weighted by molar-refractivity contribution is 5.87. The van der Waals surface area contributed by atoms with Gasteiger partial charge in [-0.3, -0.25) is 4.79 Å². The first-order valence-corrected chi connectivity index (χ1v) is 11.6. The second-order valence-corrected chi connectivity index (χ2v) is 8.67. The maximum Gasteiger partial charge on any atom is 0.227 e. The number of fused-ring (bicyclic) bond motifs is 3. The van der Waals surface area contributed by atoms with Gasteiger partial charge in [0.2, 0.25) is 5.95 Å². The van der Waals surface area contributed by atoms with E-state index in [0.717, 1.165) is 44.1 Å². The normalized spacial score (nSPS) is 13.7. The highest BCUT2D eigenvalue weighted by Gasteiger charge is 2.18. The lowest BCUT2D eigenvalue weighted by Gasteiger charge is -2.30. The monoisotopic (exact) mass is 498 g/mol. The fourth-order valence-corrected chi connectivity index (χ4v) is 4.67. The molecule has 0 aliphatic carbocycles. The van der Waals surface area contributed by atoms with E-state index in [2.05, 4.69) is 36.6 Å². The Morgan fingerprint density at radius 3 is 2.73 bits per heavy atom. The summed E-state index contributed by atoms with van der Waals surface area (Å²) in [5, 5.41) is 15.9. The second-order valence-electron chi connectivity index (χ2n) is 8.67. The number of hydrogen-bond donors (Lipinski definition) is 3. The predicted molar refractivity (Wildman–Crippen MR) is 136 cm³/mol. The number of halogens is 2. The summed E-state index contributed by atoms with van der Waals surface area (Å²) in [5.74, 6) is -1.44. The van der Waals surface area contributed by atoms with Crippen molar-refractivity contribution >= 4 is 33.9 Å². The van der Waals surface area contributed by atoms with Crippen LogP contribution in [-0.4, -0.2) is 45.5 Å². The molecule has 0 radical (unpaired) electrons. The molecule has 0 saturated carbocycles. The first kappa shape index (κ1) is 22.6. The number of pyridine rings is 1. The van der Waals surface area contributed by atoms with Gasteiger partial charge < -0.3 is 24.9 Å². The van der Waals surface area contributed by atoms with Gasteiger partial charge in [-0.1, -0.05) is 0 Å². The largest absolute Gasteiger partial charge is 0.368 e. The van der Waals surface area contributed by atoms with Gasteiger partial charge in [0.15, 0.2) is 11.2 Å². The van der Waals surface area contributed by atoms with Gasteiger partial charge in [0.25, 0.3) is 0 Å². The fraction of sp³-hybridized carbons (Fsp3) is 0.154. The number of nitrogens with one attached hydrogen (secondary N) is 3. The third kappa shape index (κ3) is 4.03. The van der Waals surface area contributed by atoms with E-state index >= 15 is 4.39 Å². The summed E-state index contributed by atoms with van der Waals surface area (Å²) in [5.41, 5.74) is 2.20. The van der Waals surface area contributed by atoms with Crippen LogP contribution in [-0.2, 0) is 0 Å². The molecule has 4 heterocycles. The van der Waals surface area contributed by atoms with Crippen molar-refractivity contribution in [1.82, 2.24) is 24.7 Å². The molecule has 9 nitrogen and oxygen atoms in total. The number of nitrogens with zero attached hydrogens (tertiary/aromatic N) is 5. The van der Waals surface area contributed by atoms with Crippen molar-refractivity contribution in [3.05, 3.63) is 82.4 Å². The number of rotatable bonds is 4. The van der Waals surface area contributed by atoms with Gasteiger partial charge in [-0.05, 0) is 30.3 Å². The smallest absolute Gasteiger partial charge is 0.227 e. The maximum atomic E-state index is 15.0. The Morgan fingerprint density at radius 1 is 1.08 bits per heavy atom. The molecule has 11 heteroatoms. The predicted octanol–water partition coefficient (Wildman–Crippen LogP) is 3.54. The zero-order valence-electron chi connectivity index (χ0n) is 19.4. The number of hydrogen-bond acceptors (Lipinski definition) is 7. The lowest BCUT2D eigenvalue weighted by atomic mass is 10.1. The Kier molecular flexibility index (Phi) is 5.50. The molecule has 0 amide bonds. The summed E-state index contributed by atoms with van der Waals surface area (Å²) in [6, 6.07) is 11.5. The van der Waals surface area contributed by atoms with Gasteiger partial charge >= 0.3 is 0 Å². The van der Waals surface area contributed by atoms with Crippen LogP contribution < -0.4 is 21.0 Å². The van der Waals surface area contributed by atoms with Gasteiger partial charge in [0.1, 0.15) is 23.2 Å². The van der Waals surface area contributed by atoms with Crippen molar-refractivity contribution in [1.29, 1.82) is 5.26 Å². The number of imidazole rings is 1. The molecule has 3 aromatic heterocycles. The Balaban J connectivity index is 1.38. The van der Waals surface area contributed by atoms with E-state index in [4.69, 9.17) is 0 Å². The van der Waals surface area contributed by atoms with Gasteiger partial charge in [0.05, 0.1) is 28.4 Å². The Morgan fingerprint density at radius 2 is 1.92 bits per heavy atom. The Labute approximate surface area is 209 Å². The molecule has 0 spiro atoms. The maximum absolute atomic E-state index is 15.0. The van der Waals surface area contributed by atoms with Gasteiger partial charge in [0, 0.05) is 55.9 Å². The molecule has 5 aromatic rings. The number of H-pyrrole nitrogens is 1. The fourth-order valence-electron chi connectivity index (χ4n) is 4.67. The molecule has 1 saturated heterocycles. The number of benzene rings is 2. The average Bonchev–Trinajstić information content (AvgIpc) is 3.38. The van der Waals surface area contributed by atoms with Crippen LogP contribution in [0, 0.1) is 23.0 Å². The number of aromatic nitrogens is 4. The molecule has 1 aliphatic rings. The van der Waals surface area contributed by atoms with Gasteiger partial charge in [-0.2, -0.15) is 5.26 Å². The highest BCUT2D eigenvalue weighted by Crippen LogP contribution is 2.29. The van der Waals surface area contributed by atoms with E-state index in [0.29, 0.717) is 16.9 Å². The zero-order chi connectivity index (χ0) is 25.5. The van der Waals surface area contributed by atoms with Crippen molar-refractivity contribution in [3.8, 4) is 17.3 Å². The van der Waals surface area contributed by atoms with Crippen LogP contribution >= 0.6 is 0 Å². The summed E-state index contributed by atoms with van der Waals surface area (Å²) >= 11 is 0. The zero-order valence-corrected chi connectivity index (χ0v) is 19.4. The van der Waals surface area contributed by atoms with Crippen molar-refractivity contribution in [3.63, 3.8) is 0 Å². The molecule has 3 N–H and O–H groups in total.